The van der Waals surface area contributed by atoms with Crippen molar-refractivity contribution < 1.29 is 14.4 Å². The summed E-state index contributed by atoms with van der Waals surface area (Å²) in [5.41, 5.74) is 4.03. The highest BCUT2D eigenvalue weighted by atomic mass is 16.2. The van der Waals surface area contributed by atoms with Crippen molar-refractivity contribution in [2.24, 2.45) is 0 Å². The molecule has 2 heterocycles. The number of para-hydroxylation sites is 1. The van der Waals surface area contributed by atoms with E-state index in [0.29, 0.717) is 26.1 Å². The number of nitrogens with zero attached hydrogens (tertiary/aromatic N) is 5. The summed E-state index contributed by atoms with van der Waals surface area (Å²) in [7, 11) is 5.64. The maximum Gasteiger partial charge on any atom is 0.332 e. The van der Waals surface area contributed by atoms with Crippen LogP contribution in [0.5, 0.6) is 0 Å². The molecule has 0 spiro atoms. The molecule has 0 aromatic heterocycles. The van der Waals surface area contributed by atoms with Crippen molar-refractivity contribution in [3.8, 4) is 0 Å². The molecule has 40 heavy (non-hydrogen) atoms. The van der Waals surface area contributed by atoms with E-state index in [1.54, 1.807) is 17.0 Å². The lowest BCUT2D eigenvalue weighted by Crippen LogP contribution is -2.65. The third-order valence-corrected chi connectivity index (χ3v) is 7.64. The normalized spacial score (nSPS) is 19.0. The zero-order valence-corrected chi connectivity index (χ0v) is 23.2. The number of carbonyl (C=O) groups excluding carboxylic acids is 3. The molecule has 3 aromatic rings. The highest BCUT2D eigenvalue weighted by molar-refractivity contribution is 5.92. The Labute approximate surface area is 235 Å². The summed E-state index contributed by atoms with van der Waals surface area (Å²) in [6.45, 7) is 1.12. The minimum atomic E-state index is -0.661. The molecule has 0 bridgehead atoms. The van der Waals surface area contributed by atoms with E-state index < -0.39 is 12.2 Å². The van der Waals surface area contributed by atoms with Gasteiger partial charge in [-0.25, -0.2) is 4.79 Å². The first-order chi connectivity index (χ1) is 19.3. The molecule has 9 heteroatoms. The van der Waals surface area contributed by atoms with Crippen molar-refractivity contribution in [3.63, 3.8) is 0 Å². The average molecular weight is 541 g/mol. The Morgan fingerprint density at radius 3 is 2.17 bits per heavy atom. The first kappa shape index (κ1) is 27.2. The molecule has 0 saturated carbocycles. The lowest BCUT2D eigenvalue weighted by Gasteiger charge is -2.46. The van der Waals surface area contributed by atoms with Crippen molar-refractivity contribution in [2.45, 2.75) is 31.7 Å². The minimum Gasteiger partial charge on any atom is -0.377 e. The molecule has 2 saturated heterocycles. The van der Waals surface area contributed by atoms with Gasteiger partial charge in [0.05, 0.1) is 13.1 Å². The summed E-state index contributed by atoms with van der Waals surface area (Å²) in [6, 6.07) is 26.5. The van der Waals surface area contributed by atoms with Crippen LogP contribution in [0, 0.1) is 0 Å². The topological polar surface area (TPSA) is 79.4 Å². The predicted octanol–water partition coefficient (Wildman–Crippen LogP) is 2.93. The maximum absolute atomic E-state index is 14.0. The fourth-order valence-corrected chi connectivity index (χ4v) is 5.58. The van der Waals surface area contributed by atoms with E-state index in [9.17, 15) is 14.4 Å². The SMILES string of the molecule is CN(C)c1ccccc1CN1C[C@H]2N(C(=O)CN2N(C)C(=O)NCc2ccccc2)[C@@H](Cc2ccccc2)C1=O. The zero-order chi connectivity index (χ0) is 28.2. The number of hydrazine groups is 1. The van der Waals surface area contributed by atoms with Crippen LogP contribution in [0.3, 0.4) is 0 Å². The van der Waals surface area contributed by atoms with Crippen LogP contribution in [0.2, 0.25) is 0 Å². The Bertz CT molecular complexity index is 1350. The fourth-order valence-electron chi connectivity index (χ4n) is 5.58. The number of carbonyl (C=O) groups is 3. The molecule has 0 unspecified atom stereocenters. The van der Waals surface area contributed by atoms with Crippen LogP contribution in [-0.2, 0) is 29.1 Å². The van der Waals surface area contributed by atoms with Gasteiger partial charge in [-0.15, -0.1) is 0 Å². The highest BCUT2D eigenvalue weighted by Crippen LogP contribution is 2.31. The Hall–Kier alpha value is -4.37. The molecular formula is C31H36N6O3. The van der Waals surface area contributed by atoms with Crippen LogP contribution < -0.4 is 10.2 Å². The molecule has 9 nitrogen and oxygen atoms in total. The second-order valence-electron chi connectivity index (χ2n) is 10.5. The number of fused-ring (bicyclic) bond motifs is 1. The van der Waals surface area contributed by atoms with Gasteiger partial charge in [0.15, 0.2) is 0 Å². The molecule has 2 fully saturated rings. The Morgan fingerprint density at radius 2 is 1.50 bits per heavy atom. The summed E-state index contributed by atoms with van der Waals surface area (Å²) in [5, 5.41) is 6.20. The number of hydrogen-bond donors (Lipinski definition) is 1. The maximum atomic E-state index is 14.0. The standard InChI is InChI=1S/C31H36N6O3/c1-33(2)26-17-11-10-16-25(26)20-35-21-28-36(34(3)31(40)32-19-24-14-8-5-9-15-24)22-29(38)37(28)27(30(35)39)18-23-12-6-4-7-13-23/h4-17,27-28H,18-22H2,1-3H3,(H,32,40)/t27-,28+/m0/s1. The number of benzene rings is 3. The van der Waals surface area contributed by atoms with Gasteiger partial charge in [0.1, 0.15) is 12.2 Å². The summed E-state index contributed by atoms with van der Waals surface area (Å²) < 4.78 is 0. The second-order valence-corrected chi connectivity index (χ2v) is 10.5. The summed E-state index contributed by atoms with van der Waals surface area (Å²) in [6.07, 6.45) is -0.0520. The predicted molar refractivity (Wildman–Crippen MR) is 154 cm³/mol. The van der Waals surface area contributed by atoms with Gasteiger partial charge >= 0.3 is 6.03 Å². The van der Waals surface area contributed by atoms with Crippen LogP contribution in [0.15, 0.2) is 84.9 Å². The van der Waals surface area contributed by atoms with Gasteiger partial charge in [-0.1, -0.05) is 78.9 Å². The Balaban J connectivity index is 1.41. The van der Waals surface area contributed by atoms with Gasteiger partial charge in [-0.3, -0.25) is 14.6 Å². The van der Waals surface area contributed by atoms with Crippen LogP contribution >= 0.6 is 0 Å². The third-order valence-electron chi connectivity index (χ3n) is 7.64. The number of piperazine rings is 1. The molecule has 2 atom stereocenters. The van der Waals surface area contributed by atoms with Crippen LogP contribution in [0.25, 0.3) is 0 Å². The largest absolute Gasteiger partial charge is 0.377 e. The third kappa shape index (κ3) is 5.65. The molecule has 0 aliphatic carbocycles. The van der Waals surface area contributed by atoms with Crippen molar-refractivity contribution in [2.75, 3.05) is 39.1 Å². The number of urea groups is 1. The lowest BCUT2D eigenvalue weighted by atomic mass is 10.00. The van der Waals surface area contributed by atoms with Gasteiger partial charge in [-0.2, -0.15) is 5.01 Å². The molecule has 2 aliphatic rings. The van der Waals surface area contributed by atoms with E-state index in [1.165, 1.54) is 5.01 Å². The molecule has 3 aromatic carbocycles. The summed E-state index contributed by atoms with van der Waals surface area (Å²) in [4.78, 5) is 46.1. The van der Waals surface area contributed by atoms with E-state index >= 15 is 0 Å². The van der Waals surface area contributed by atoms with Gasteiger partial charge in [0, 0.05) is 46.3 Å². The molecule has 208 valence electrons. The molecule has 2 aliphatic heterocycles. The van der Waals surface area contributed by atoms with Crippen molar-refractivity contribution in [3.05, 3.63) is 102 Å². The van der Waals surface area contributed by atoms with Crippen molar-refractivity contribution in [1.82, 2.24) is 25.1 Å². The zero-order valence-electron chi connectivity index (χ0n) is 23.2. The number of amides is 4. The van der Waals surface area contributed by atoms with Gasteiger partial charge in [-0.05, 0) is 22.8 Å². The first-order valence-electron chi connectivity index (χ1n) is 13.5. The van der Waals surface area contributed by atoms with E-state index in [4.69, 9.17) is 0 Å². The summed E-state index contributed by atoms with van der Waals surface area (Å²) >= 11 is 0. The molecule has 4 amide bonds. The lowest BCUT2D eigenvalue weighted by molar-refractivity contribution is -0.157. The highest BCUT2D eigenvalue weighted by Gasteiger charge is 2.51. The van der Waals surface area contributed by atoms with Gasteiger partial charge in [0.25, 0.3) is 0 Å². The minimum absolute atomic E-state index is 0.0284. The summed E-state index contributed by atoms with van der Waals surface area (Å²) in [5.74, 6) is -0.240. The van der Waals surface area contributed by atoms with Crippen LogP contribution in [0.1, 0.15) is 16.7 Å². The number of nitrogens with one attached hydrogen (secondary N) is 1. The van der Waals surface area contributed by atoms with Gasteiger partial charge < -0.3 is 20.0 Å². The Kier molecular flexibility index (Phi) is 8.02. The quantitative estimate of drug-likeness (QED) is 0.476. The number of hydrogen-bond acceptors (Lipinski definition) is 5. The first-order valence-corrected chi connectivity index (χ1v) is 13.5. The molecule has 0 radical (unpaired) electrons. The number of rotatable bonds is 8. The van der Waals surface area contributed by atoms with Crippen molar-refractivity contribution >= 4 is 23.5 Å². The number of anilines is 1. The second kappa shape index (κ2) is 11.8. The van der Waals surface area contributed by atoms with E-state index in [2.05, 4.69) is 5.32 Å². The van der Waals surface area contributed by atoms with Crippen LogP contribution in [-0.4, -0.2) is 84.1 Å². The Morgan fingerprint density at radius 1 is 0.875 bits per heavy atom. The van der Waals surface area contributed by atoms with Crippen molar-refractivity contribution in [1.29, 1.82) is 0 Å². The molecule has 5 rings (SSSR count). The monoisotopic (exact) mass is 540 g/mol. The van der Waals surface area contributed by atoms with Gasteiger partial charge in [0.2, 0.25) is 11.8 Å². The van der Waals surface area contributed by atoms with E-state index in [1.807, 2.05) is 109 Å². The molecule has 1 N–H and O–H groups in total. The van der Waals surface area contributed by atoms with E-state index in [0.717, 1.165) is 22.4 Å². The smallest absolute Gasteiger partial charge is 0.332 e. The van der Waals surface area contributed by atoms with E-state index in [-0.39, 0.29) is 24.4 Å². The average Bonchev–Trinajstić information content (AvgIpc) is 3.30. The fraction of sp³-hybridized carbons (Fsp3) is 0.323. The van der Waals surface area contributed by atoms with Crippen LogP contribution in [0.4, 0.5) is 10.5 Å². The molecular weight excluding hydrogens is 504 g/mol.